The Labute approximate surface area is 75.5 Å². The molecule has 0 aliphatic heterocycles. The fourth-order valence-corrected chi connectivity index (χ4v) is 0.774. The summed E-state index contributed by atoms with van der Waals surface area (Å²) in [7, 11) is 0. The molecule has 0 bridgehead atoms. The van der Waals surface area contributed by atoms with Crippen LogP contribution in [0.5, 0.6) is 0 Å². The second kappa shape index (κ2) is 5.96. The van der Waals surface area contributed by atoms with E-state index in [9.17, 15) is 18.0 Å². The maximum atomic E-state index is 11.6. The third kappa shape index (κ3) is 9.33. The Bertz CT molecular complexity index is 156. The van der Waals surface area contributed by atoms with Crippen molar-refractivity contribution in [2.75, 3.05) is 13.1 Å². The topological polar surface area (TPSA) is 29.1 Å². The molecule has 5 heteroatoms. The van der Waals surface area contributed by atoms with Crippen LogP contribution in [0.1, 0.15) is 26.2 Å². The molecule has 13 heavy (non-hydrogen) atoms. The third-order valence-electron chi connectivity index (χ3n) is 1.44. The van der Waals surface area contributed by atoms with E-state index in [2.05, 4.69) is 5.32 Å². The number of ketones is 1. The molecule has 0 unspecified atom stereocenters. The predicted molar refractivity (Wildman–Crippen MR) is 43.5 cm³/mol. The fourth-order valence-electron chi connectivity index (χ4n) is 0.774. The Hall–Kier alpha value is -0.580. The minimum Gasteiger partial charge on any atom is -0.310 e. The van der Waals surface area contributed by atoms with Gasteiger partial charge in [0, 0.05) is 6.42 Å². The van der Waals surface area contributed by atoms with Crippen LogP contribution < -0.4 is 5.32 Å². The number of nitrogens with one attached hydrogen (secondary N) is 1. The zero-order valence-corrected chi connectivity index (χ0v) is 7.58. The van der Waals surface area contributed by atoms with Crippen molar-refractivity contribution in [1.29, 1.82) is 0 Å². The largest absolute Gasteiger partial charge is 0.389 e. The molecule has 0 fully saturated rings. The molecule has 0 aromatic carbocycles. The van der Waals surface area contributed by atoms with Crippen LogP contribution >= 0.6 is 0 Å². The average Bonchev–Trinajstić information content (AvgIpc) is 2.00. The highest BCUT2D eigenvalue weighted by molar-refractivity contribution is 5.80. The van der Waals surface area contributed by atoms with Crippen LogP contribution in [0.2, 0.25) is 0 Å². The zero-order chi connectivity index (χ0) is 10.3. The van der Waals surface area contributed by atoms with Gasteiger partial charge in [-0.15, -0.1) is 0 Å². The fraction of sp³-hybridized carbons (Fsp3) is 0.875. The molecule has 0 aliphatic carbocycles. The Kier molecular flexibility index (Phi) is 5.70. The molecular weight excluding hydrogens is 183 g/mol. The highest BCUT2D eigenvalue weighted by Crippen LogP contribution is 2.21. The number of carbonyl (C=O) groups is 1. The maximum absolute atomic E-state index is 11.6. The Morgan fingerprint density at radius 2 is 2.00 bits per heavy atom. The molecule has 0 atom stereocenters. The maximum Gasteiger partial charge on any atom is 0.389 e. The van der Waals surface area contributed by atoms with Gasteiger partial charge in [0.25, 0.3) is 0 Å². The first-order chi connectivity index (χ1) is 5.95. The summed E-state index contributed by atoms with van der Waals surface area (Å²) in [4.78, 5) is 10.8. The summed E-state index contributed by atoms with van der Waals surface area (Å²) in [6.45, 7) is 2.63. The van der Waals surface area contributed by atoms with Crippen molar-refractivity contribution in [3.8, 4) is 0 Å². The van der Waals surface area contributed by atoms with E-state index in [4.69, 9.17) is 0 Å². The lowest BCUT2D eigenvalue weighted by atomic mass is 10.2. The second-order valence-corrected chi connectivity index (χ2v) is 2.83. The summed E-state index contributed by atoms with van der Waals surface area (Å²) in [6, 6.07) is 0. The first-order valence-corrected chi connectivity index (χ1v) is 4.25. The molecule has 0 aromatic rings. The number of halogens is 3. The van der Waals surface area contributed by atoms with Crippen molar-refractivity contribution < 1.29 is 18.0 Å². The Balaban J connectivity index is 3.41. The van der Waals surface area contributed by atoms with Crippen LogP contribution in [0.25, 0.3) is 0 Å². The molecule has 0 radical (unpaired) electrons. The van der Waals surface area contributed by atoms with Crippen LogP contribution in [0.4, 0.5) is 13.2 Å². The van der Waals surface area contributed by atoms with Crippen LogP contribution in [-0.4, -0.2) is 25.0 Å². The average molecular weight is 197 g/mol. The van der Waals surface area contributed by atoms with E-state index in [0.29, 0.717) is 6.54 Å². The summed E-state index contributed by atoms with van der Waals surface area (Å²) in [5.41, 5.74) is 0. The minimum atomic E-state index is -4.22. The number of hydrogen-bond donors (Lipinski definition) is 1. The molecule has 0 spiro atoms. The number of carbonyl (C=O) groups excluding carboxylic acids is 1. The molecule has 0 amide bonds. The van der Waals surface area contributed by atoms with Crippen LogP contribution in [0.15, 0.2) is 0 Å². The van der Waals surface area contributed by atoms with Gasteiger partial charge in [0.05, 0.1) is 13.0 Å². The SMILES string of the molecule is CCCNCC(=O)CCC(F)(F)F. The predicted octanol–water partition coefficient (Wildman–Crippen LogP) is 1.90. The van der Waals surface area contributed by atoms with Crippen LogP contribution in [0, 0.1) is 0 Å². The normalized spacial score (nSPS) is 11.7. The molecule has 0 saturated heterocycles. The van der Waals surface area contributed by atoms with Crippen molar-refractivity contribution in [2.24, 2.45) is 0 Å². The highest BCUT2D eigenvalue weighted by atomic mass is 19.4. The number of hydrogen-bond acceptors (Lipinski definition) is 2. The van der Waals surface area contributed by atoms with Gasteiger partial charge >= 0.3 is 6.18 Å². The van der Waals surface area contributed by atoms with Crippen molar-refractivity contribution >= 4 is 5.78 Å². The Morgan fingerprint density at radius 1 is 1.38 bits per heavy atom. The van der Waals surface area contributed by atoms with Crippen molar-refractivity contribution in [2.45, 2.75) is 32.4 Å². The lowest BCUT2D eigenvalue weighted by molar-refractivity contribution is -0.142. The summed E-state index contributed by atoms with van der Waals surface area (Å²) >= 11 is 0. The van der Waals surface area contributed by atoms with Gasteiger partial charge in [-0.3, -0.25) is 4.79 Å². The number of alkyl halides is 3. The van der Waals surface area contributed by atoms with E-state index in [0.717, 1.165) is 6.42 Å². The molecule has 1 N–H and O–H groups in total. The smallest absolute Gasteiger partial charge is 0.310 e. The molecule has 0 aromatic heterocycles. The lowest BCUT2D eigenvalue weighted by Gasteiger charge is -2.05. The van der Waals surface area contributed by atoms with E-state index in [-0.39, 0.29) is 12.3 Å². The lowest BCUT2D eigenvalue weighted by Crippen LogP contribution is -2.24. The first kappa shape index (κ1) is 12.4. The number of rotatable bonds is 6. The molecule has 78 valence electrons. The van der Waals surface area contributed by atoms with Gasteiger partial charge < -0.3 is 5.32 Å². The Morgan fingerprint density at radius 3 is 2.46 bits per heavy atom. The van der Waals surface area contributed by atoms with Crippen molar-refractivity contribution in [1.82, 2.24) is 5.32 Å². The van der Waals surface area contributed by atoms with Gasteiger partial charge in [-0.2, -0.15) is 13.2 Å². The monoisotopic (exact) mass is 197 g/mol. The van der Waals surface area contributed by atoms with Crippen LogP contribution in [-0.2, 0) is 4.79 Å². The minimum absolute atomic E-state index is 0.0456. The van der Waals surface area contributed by atoms with E-state index in [1.54, 1.807) is 0 Å². The summed E-state index contributed by atoms with van der Waals surface area (Å²) in [6.07, 6.45) is -4.78. The van der Waals surface area contributed by atoms with E-state index < -0.39 is 19.0 Å². The first-order valence-electron chi connectivity index (χ1n) is 4.25. The van der Waals surface area contributed by atoms with Gasteiger partial charge in [0.1, 0.15) is 5.78 Å². The summed E-state index contributed by atoms with van der Waals surface area (Å²) in [5, 5.41) is 2.75. The van der Waals surface area contributed by atoms with Gasteiger partial charge in [-0.1, -0.05) is 6.92 Å². The van der Waals surface area contributed by atoms with Crippen LogP contribution in [0.3, 0.4) is 0 Å². The van der Waals surface area contributed by atoms with Gasteiger partial charge in [-0.05, 0) is 13.0 Å². The van der Waals surface area contributed by atoms with E-state index >= 15 is 0 Å². The number of Topliss-reactive ketones (excluding diaryl/α,β-unsaturated/α-hetero) is 1. The second-order valence-electron chi connectivity index (χ2n) is 2.83. The quantitative estimate of drug-likeness (QED) is 0.659. The van der Waals surface area contributed by atoms with Gasteiger partial charge in [-0.25, -0.2) is 0 Å². The molecule has 2 nitrogen and oxygen atoms in total. The molecule has 0 saturated carbocycles. The van der Waals surface area contributed by atoms with Crippen molar-refractivity contribution in [3.63, 3.8) is 0 Å². The molecular formula is C8H14F3NO. The summed E-state index contributed by atoms with van der Waals surface area (Å²) < 4.78 is 34.9. The molecule has 0 aliphatic rings. The van der Waals surface area contributed by atoms with Gasteiger partial charge in [0.2, 0.25) is 0 Å². The standard InChI is InChI=1S/C8H14F3NO/c1-2-5-12-6-7(13)3-4-8(9,10)11/h12H,2-6H2,1H3. The van der Waals surface area contributed by atoms with E-state index in [1.807, 2.05) is 6.92 Å². The molecule has 0 heterocycles. The van der Waals surface area contributed by atoms with E-state index in [1.165, 1.54) is 0 Å². The zero-order valence-electron chi connectivity index (χ0n) is 7.58. The van der Waals surface area contributed by atoms with Crippen molar-refractivity contribution in [3.05, 3.63) is 0 Å². The molecule has 0 rings (SSSR count). The van der Waals surface area contributed by atoms with Gasteiger partial charge in [0.15, 0.2) is 0 Å². The summed E-state index contributed by atoms with van der Waals surface area (Å²) in [5.74, 6) is -0.384. The highest BCUT2D eigenvalue weighted by Gasteiger charge is 2.27. The third-order valence-corrected chi connectivity index (χ3v) is 1.44.